The van der Waals surface area contributed by atoms with E-state index in [2.05, 4.69) is 28.2 Å². The van der Waals surface area contributed by atoms with Crippen molar-refractivity contribution in [3.8, 4) is 0 Å². The van der Waals surface area contributed by atoms with Crippen molar-refractivity contribution in [2.75, 3.05) is 11.9 Å². The lowest BCUT2D eigenvalue weighted by atomic mass is 9.87. The topological polar surface area (TPSA) is 49.4 Å². The zero-order valence-corrected chi connectivity index (χ0v) is 16.6. The van der Waals surface area contributed by atoms with E-state index in [1.54, 1.807) is 13.8 Å². The van der Waals surface area contributed by atoms with Gasteiger partial charge in [0, 0.05) is 22.7 Å². The summed E-state index contributed by atoms with van der Waals surface area (Å²) in [4.78, 5) is 27.7. The number of rotatable bonds is 4. The van der Waals surface area contributed by atoms with E-state index in [1.807, 2.05) is 30.0 Å². The van der Waals surface area contributed by atoms with Gasteiger partial charge in [-0.05, 0) is 70.2 Å². The van der Waals surface area contributed by atoms with E-state index in [-0.39, 0.29) is 17.9 Å². The van der Waals surface area contributed by atoms with E-state index in [1.165, 1.54) is 0 Å². The molecule has 1 aliphatic rings. The van der Waals surface area contributed by atoms with Crippen LogP contribution in [0.1, 0.15) is 52.0 Å². The van der Waals surface area contributed by atoms with E-state index < -0.39 is 5.41 Å². The lowest BCUT2D eigenvalue weighted by molar-refractivity contribution is -0.149. The largest absolute Gasteiger partial charge is 0.339 e. The molecule has 5 heteroatoms. The molecule has 132 valence electrons. The number of anilines is 1. The zero-order valence-electron chi connectivity index (χ0n) is 15.0. The van der Waals surface area contributed by atoms with Crippen molar-refractivity contribution in [3.05, 3.63) is 28.2 Å². The summed E-state index contributed by atoms with van der Waals surface area (Å²) in [6.45, 7) is 8.27. The number of hydrogen-bond donors (Lipinski definition) is 1. The second-order valence-corrected chi connectivity index (χ2v) is 7.95. The van der Waals surface area contributed by atoms with Crippen molar-refractivity contribution in [1.82, 2.24) is 4.90 Å². The molecule has 0 radical (unpaired) electrons. The molecule has 2 amide bonds. The van der Waals surface area contributed by atoms with Crippen LogP contribution in [0.4, 0.5) is 5.69 Å². The first-order valence-corrected chi connectivity index (χ1v) is 9.45. The molecule has 1 aromatic rings. The van der Waals surface area contributed by atoms with Crippen molar-refractivity contribution in [2.45, 2.75) is 59.4 Å². The van der Waals surface area contributed by atoms with E-state index in [0.717, 1.165) is 42.3 Å². The molecule has 0 spiro atoms. The Morgan fingerprint density at radius 3 is 2.67 bits per heavy atom. The van der Waals surface area contributed by atoms with Crippen LogP contribution in [0.5, 0.6) is 0 Å². The molecule has 1 atom stereocenters. The minimum Gasteiger partial charge on any atom is -0.339 e. The minimum atomic E-state index is -1.08. The van der Waals surface area contributed by atoms with Crippen LogP contribution in [-0.4, -0.2) is 29.3 Å². The van der Waals surface area contributed by atoms with Crippen molar-refractivity contribution in [1.29, 1.82) is 0 Å². The molecule has 1 N–H and O–H groups in total. The Morgan fingerprint density at radius 1 is 1.33 bits per heavy atom. The van der Waals surface area contributed by atoms with E-state index in [9.17, 15) is 9.59 Å². The van der Waals surface area contributed by atoms with Gasteiger partial charge in [0.2, 0.25) is 11.8 Å². The van der Waals surface area contributed by atoms with Crippen LogP contribution in [0.3, 0.4) is 0 Å². The van der Waals surface area contributed by atoms with Gasteiger partial charge in [0.25, 0.3) is 0 Å². The quantitative estimate of drug-likeness (QED) is 0.763. The fourth-order valence-electron chi connectivity index (χ4n) is 3.16. The number of amides is 2. The number of likely N-dealkylation sites (tertiary alicyclic amines) is 1. The summed E-state index contributed by atoms with van der Waals surface area (Å²) in [5.41, 5.74) is 0.678. The summed E-state index contributed by atoms with van der Waals surface area (Å²) in [5, 5.41) is 2.90. The van der Waals surface area contributed by atoms with Crippen LogP contribution in [0.2, 0.25) is 0 Å². The van der Waals surface area contributed by atoms with Crippen molar-refractivity contribution >= 4 is 33.4 Å². The highest BCUT2D eigenvalue weighted by molar-refractivity contribution is 9.10. The van der Waals surface area contributed by atoms with Gasteiger partial charge in [-0.15, -0.1) is 0 Å². The lowest BCUT2D eigenvalue weighted by Gasteiger charge is -2.39. The molecule has 1 fully saturated rings. The molecule has 1 aliphatic heterocycles. The van der Waals surface area contributed by atoms with Crippen LogP contribution in [0.15, 0.2) is 22.7 Å². The molecular weight excluding hydrogens is 368 g/mol. The smallest absolute Gasteiger partial charge is 0.239 e. The van der Waals surface area contributed by atoms with Crippen molar-refractivity contribution in [3.63, 3.8) is 0 Å². The third kappa shape index (κ3) is 4.00. The van der Waals surface area contributed by atoms with E-state index in [0.29, 0.717) is 5.69 Å². The maximum atomic E-state index is 13.0. The molecule has 0 saturated carbocycles. The average Bonchev–Trinajstić information content (AvgIpc) is 2.57. The molecule has 1 heterocycles. The highest BCUT2D eigenvalue weighted by Gasteiger charge is 2.41. The predicted molar refractivity (Wildman–Crippen MR) is 101 cm³/mol. The third-order valence-electron chi connectivity index (χ3n) is 4.88. The van der Waals surface area contributed by atoms with E-state index >= 15 is 0 Å². The first-order chi connectivity index (χ1) is 11.3. The molecule has 0 aliphatic carbocycles. The normalized spacial score (nSPS) is 18.4. The number of nitrogens with one attached hydrogen (secondary N) is 1. The standard InChI is InChI=1S/C19H27BrN2O2/c1-5-15-8-6-7-11-22(15)18(24)19(3,4)17(23)21-14-9-10-16(20)13(2)12-14/h9-10,12,15H,5-8,11H2,1-4H3,(H,21,23). The summed E-state index contributed by atoms with van der Waals surface area (Å²) in [6, 6.07) is 5.90. The summed E-state index contributed by atoms with van der Waals surface area (Å²) in [5.74, 6) is -0.324. The molecule has 1 aromatic carbocycles. The number of carbonyl (C=O) groups excluding carboxylic acids is 2. The number of aryl methyl sites for hydroxylation is 1. The predicted octanol–water partition coefficient (Wildman–Crippen LogP) is 4.51. The first kappa shape index (κ1) is 19.0. The SMILES string of the molecule is CCC1CCCCN1C(=O)C(C)(C)C(=O)Nc1ccc(Br)c(C)c1. The van der Waals surface area contributed by atoms with Gasteiger partial charge in [-0.25, -0.2) is 0 Å². The summed E-state index contributed by atoms with van der Waals surface area (Å²) in [6.07, 6.45) is 4.15. The van der Waals surface area contributed by atoms with Gasteiger partial charge >= 0.3 is 0 Å². The van der Waals surface area contributed by atoms with Gasteiger partial charge in [0.05, 0.1) is 0 Å². The van der Waals surface area contributed by atoms with Crippen LogP contribution in [-0.2, 0) is 9.59 Å². The monoisotopic (exact) mass is 394 g/mol. The number of benzene rings is 1. The second kappa shape index (κ2) is 7.68. The summed E-state index contributed by atoms with van der Waals surface area (Å²) < 4.78 is 0.995. The number of nitrogens with zero attached hydrogens (tertiary/aromatic N) is 1. The van der Waals surface area contributed by atoms with Gasteiger partial charge in [0.1, 0.15) is 5.41 Å². The molecule has 24 heavy (non-hydrogen) atoms. The molecule has 2 rings (SSSR count). The van der Waals surface area contributed by atoms with Gasteiger partial charge < -0.3 is 10.2 Å². The second-order valence-electron chi connectivity index (χ2n) is 7.10. The van der Waals surface area contributed by atoms with Crippen molar-refractivity contribution < 1.29 is 9.59 Å². The minimum absolute atomic E-state index is 0.0691. The number of piperidine rings is 1. The third-order valence-corrected chi connectivity index (χ3v) is 5.77. The first-order valence-electron chi connectivity index (χ1n) is 8.66. The summed E-state index contributed by atoms with van der Waals surface area (Å²) >= 11 is 3.45. The Labute approximate surface area is 153 Å². The number of carbonyl (C=O) groups is 2. The fraction of sp³-hybridized carbons (Fsp3) is 0.579. The van der Waals surface area contributed by atoms with Gasteiger partial charge in [-0.3, -0.25) is 9.59 Å². The van der Waals surface area contributed by atoms with Gasteiger partial charge in [0.15, 0.2) is 0 Å². The zero-order chi connectivity index (χ0) is 17.9. The Hall–Kier alpha value is -1.36. The molecule has 1 saturated heterocycles. The highest BCUT2D eigenvalue weighted by Crippen LogP contribution is 2.28. The van der Waals surface area contributed by atoms with Crippen LogP contribution >= 0.6 is 15.9 Å². The van der Waals surface area contributed by atoms with Gasteiger partial charge in [-0.1, -0.05) is 22.9 Å². The van der Waals surface area contributed by atoms with Gasteiger partial charge in [-0.2, -0.15) is 0 Å². The maximum absolute atomic E-state index is 13.0. The fourth-order valence-corrected chi connectivity index (χ4v) is 3.40. The lowest BCUT2D eigenvalue weighted by Crippen LogP contribution is -2.52. The number of hydrogen-bond acceptors (Lipinski definition) is 2. The molecule has 0 aromatic heterocycles. The van der Waals surface area contributed by atoms with E-state index in [4.69, 9.17) is 0 Å². The Morgan fingerprint density at radius 2 is 2.04 bits per heavy atom. The Bertz CT molecular complexity index is 628. The highest BCUT2D eigenvalue weighted by atomic mass is 79.9. The maximum Gasteiger partial charge on any atom is 0.239 e. The summed E-state index contributed by atoms with van der Waals surface area (Å²) in [7, 11) is 0. The van der Waals surface area contributed by atoms with Crippen molar-refractivity contribution in [2.24, 2.45) is 5.41 Å². The molecule has 4 nitrogen and oxygen atoms in total. The van der Waals surface area contributed by atoms with Crippen LogP contribution in [0.25, 0.3) is 0 Å². The average molecular weight is 395 g/mol. The number of halogens is 1. The van der Waals surface area contributed by atoms with Crippen LogP contribution < -0.4 is 5.32 Å². The molecular formula is C19H27BrN2O2. The van der Waals surface area contributed by atoms with Crippen LogP contribution in [0, 0.1) is 12.3 Å². The Balaban J connectivity index is 2.13. The molecule has 1 unspecified atom stereocenters. The Kier molecular flexibility index (Phi) is 6.07. The molecule has 0 bridgehead atoms.